The molecule has 2 aliphatic rings. The molecule has 8 rings (SSSR count). The lowest BCUT2D eigenvalue weighted by Crippen LogP contribution is -2.37. The van der Waals surface area contributed by atoms with Gasteiger partial charge in [-0.25, -0.2) is 9.78 Å². The van der Waals surface area contributed by atoms with Gasteiger partial charge in [-0.2, -0.15) is 34.2 Å². The van der Waals surface area contributed by atoms with Gasteiger partial charge >= 0.3 is 12.1 Å². The van der Waals surface area contributed by atoms with Crippen molar-refractivity contribution in [1.29, 1.82) is 0 Å². The van der Waals surface area contributed by atoms with Gasteiger partial charge in [0.2, 0.25) is 11.9 Å². The smallest absolute Gasteiger partial charge is 0.410 e. The van der Waals surface area contributed by atoms with Crippen molar-refractivity contribution in [3.05, 3.63) is 89.0 Å². The zero-order valence-electron chi connectivity index (χ0n) is 48.7. The average molecular weight is 1090 g/mol. The predicted octanol–water partition coefficient (Wildman–Crippen LogP) is 10.2. The van der Waals surface area contributed by atoms with E-state index >= 15 is 0 Å². The fourth-order valence-corrected chi connectivity index (χ4v) is 9.39. The number of hydrogen-bond donors (Lipinski definition) is 3. The Morgan fingerprint density at radius 3 is 1.85 bits per heavy atom. The van der Waals surface area contributed by atoms with Crippen LogP contribution in [0.3, 0.4) is 0 Å². The van der Waals surface area contributed by atoms with E-state index in [1.807, 2.05) is 95.7 Å². The molecule has 2 fully saturated rings. The maximum Gasteiger partial charge on any atom is 0.410 e. The van der Waals surface area contributed by atoms with E-state index in [-0.39, 0.29) is 41.7 Å². The Balaban J connectivity index is 0.000000232. The molecule has 6 aromatic rings. The third kappa shape index (κ3) is 17.4. The number of aromatic nitrogens is 8. The van der Waals surface area contributed by atoms with E-state index in [1.54, 1.807) is 13.9 Å². The Bertz CT molecular complexity index is 2930. The molecule has 4 aromatic heterocycles. The van der Waals surface area contributed by atoms with Crippen LogP contribution in [0, 0.1) is 0 Å². The lowest BCUT2D eigenvalue weighted by atomic mass is 10.0. The quantitative estimate of drug-likeness (QED) is 0.0380. The first-order chi connectivity index (χ1) is 37.9. The van der Waals surface area contributed by atoms with E-state index < -0.39 is 5.60 Å². The van der Waals surface area contributed by atoms with Crippen LogP contribution in [0.2, 0.25) is 0 Å². The Kier molecular flexibility index (Phi) is 21.7. The third-order valence-corrected chi connectivity index (χ3v) is 14.0. The highest BCUT2D eigenvalue weighted by Gasteiger charge is 2.25. The number of Topliss-reactive ketones (excluding diaryl/α,β-unsaturated/α-hetero) is 2. The van der Waals surface area contributed by atoms with Gasteiger partial charge in [0.15, 0.2) is 22.9 Å². The van der Waals surface area contributed by atoms with Gasteiger partial charge in [-0.1, -0.05) is 58.9 Å². The van der Waals surface area contributed by atoms with Gasteiger partial charge < -0.3 is 40.0 Å². The number of unbranched alkanes of at least 4 members (excludes halogenated alkanes) is 2. The number of rotatable bonds is 24. The number of nitrogens with zero attached hydrogens (tertiary/aromatic N) is 11. The zero-order valence-corrected chi connectivity index (χ0v) is 48.7. The lowest BCUT2D eigenvalue weighted by Gasteiger charge is -2.29. The van der Waals surface area contributed by atoms with Crippen molar-refractivity contribution in [2.24, 2.45) is 0 Å². The molecule has 1 unspecified atom stereocenters. The van der Waals surface area contributed by atoms with Crippen LogP contribution >= 0.6 is 0 Å². The summed E-state index contributed by atoms with van der Waals surface area (Å²) in [7, 11) is 4.18. The van der Waals surface area contributed by atoms with E-state index in [1.165, 1.54) is 0 Å². The van der Waals surface area contributed by atoms with E-state index in [2.05, 4.69) is 82.6 Å². The monoisotopic (exact) mass is 1090 g/mol. The third-order valence-electron chi connectivity index (χ3n) is 14.0. The molecule has 1 atom stereocenters. The molecule has 79 heavy (non-hydrogen) atoms. The molecule has 0 radical (unpaired) electrons. The highest BCUT2D eigenvalue weighted by atomic mass is 16.6. The van der Waals surface area contributed by atoms with Gasteiger partial charge in [0.05, 0.1) is 25.2 Å². The Hall–Kier alpha value is -6.61. The Labute approximate surface area is 466 Å². The molecule has 20 heteroatoms. The maximum atomic E-state index is 13.1. The minimum Gasteiger partial charge on any atom is -0.460 e. The molecule has 0 saturated carbocycles. The number of amides is 1. The topological polar surface area (TPSA) is 211 Å². The predicted molar refractivity (Wildman–Crippen MR) is 309 cm³/mol. The van der Waals surface area contributed by atoms with E-state index in [4.69, 9.17) is 29.2 Å². The fraction of sp³-hybridized carbons (Fsp3) is 0.576. The van der Waals surface area contributed by atoms with Crippen LogP contribution in [0.5, 0.6) is 6.01 Å². The van der Waals surface area contributed by atoms with Crippen LogP contribution in [0.1, 0.15) is 170 Å². The summed E-state index contributed by atoms with van der Waals surface area (Å²) in [6, 6.07) is 15.4. The van der Waals surface area contributed by atoms with Gasteiger partial charge in [0.1, 0.15) is 17.5 Å². The van der Waals surface area contributed by atoms with Gasteiger partial charge in [-0.3, -0.25) is 14.5 Å². The SMILES string of the molecule is CCN(CCCCC(=O)c1cccc(Nc2nc(CC3CCN(C)CO3)nc3c(C(C)C)cnn23)c1)C(=O)OC(C)(C)C.CCNCCCCC(=O)c1cccc(Nc2nc(OC3CCN(C)CC3)nc3c(C(C)C)cnn23)c1. The number of piperidine rings is 1. The normalized spacial score (nSPS) is 15.6. The van der Waals surface area contributed by atoms with Crippen molar-refractivity contribution >= 4 is 52.2 Å². The van der Waals surface area contributed by atoms with Crippen LogP contribution in [-0.2, 0) is 15.9 Å². The molecule has 2 aliphatic heterocycles. The summed E-state index contributed by atoms with van der Waals surface area (Å²) in [6.07, 6.45) is 11.1. The summed E-state index contributed by atoms with van der Waals surface area (Å²) >= 11 is 0. The molecule has 0 aliphatic carbocycles. The summed E-state index contributed by atoms with van der Waals surface area (Å²) in [6.45, 7) is 24.7. The van der Waals surface area contributed by atoms with Crippen molar-refractivity contribution in [3.8, 4) is 6.01 Å². The highest BCUT2D eigenvalue weighted by Crippen LogP contribution is 2.28. The molecule has 0 spiro atoms. The molecule has 428 valence electrons. The number of hydrogen-bond acceptors (Lipinski definition) is 17. The molecule has 2 saturated heterocycles. The first kappa shape index (κ1) is 60.0. The second kappa shape index (κ2) is 28.5. The number of anilines is 4. The summed E-state index contributed by atoms with van der Waals surface area (Å²) in [5.74, 6) is 2.48. The molecular weight excluding hydrogens is 1000 g/mol. The number of carbonyl (C=O) groups excluding carboxylic acids is 3. The van der Waals surface area contributed by atoms with E-state index in [0.717, 1.165) is 105 Å². The van der Waals surface area contributed by atoms with Crippen LogP contribution < -0.4 is 20.7 Å². The van der Waals surface area contributed by atoms with Gasteiger partial charge in [-0.15, -0.1) is 0 Å². The maximum absolute atomic E-state index is 13.1. The first-order valence-electron chi connectivity index (χ1n) is 28.5. The lowest BCUT2D eigenvalue weighted by molar-refractivity contribution is -0.0574. The highest BCUT2D eigenvalue weighted by molar-refractivity contribution is 5.97. The number of nitrogens with one attached hydrogen (secondary N) is 3. The molecule has 6 heterocycles. The zero-order chi connectivity index (χ0) is 56.6. The molecular formula is C59H86N14O6. The van der Waals surface area contributed by atoms with Crippen molar-refractivity contribution in [3.63, 3.8) is 0 Å². The van der Waals surface area contributed by atoms with Crippen molar-refractivity contribution in [1.82, 2.24) is 59.2 Å². The van der Waals surface area contributed by atoms with E-state index in [9.17, 15) is 14.4 Å². The van der Waals surface area contributed by atoms with Crippen LogP contribution in [-0.4, -0.2) is 156 Å². The second-order valence-corrected chi connectivity index (χ2v) is 22.5. The van der Waals surface area contributed by atoms with Crippen LogP contribution in [0.15, 0.2) is 60.9 Å². The second-order valence-electron chi connectivity index (χ2n) is 22.5. The van der Waals surface area contributed by atoms with Crippen molar-refractivity contribution < 1.29 is 28.6 Å². The first-order valence-corrected chi connectivity index (χ1v) is 28.5. The molecule has 1 amide bonds. The number of fused-ring (bicyclic) bond motifs is 2. The average Bonchev–Trinajstić information content (AvgIpc) is 4.11. The summed E-state index contributed by atoms with van der Waals surface area (Å²) in [5.41, 5.74) is 5.90. The number of carbonyl (C=O) groups is 3. The molecule has 0 bridgehead atoms. The number of ether oxygens (including phenoxy) is 3. The van der Waals surface area contributed by atoms with Gasteiger partial charge in [0.25, 0.3) is 0 Å². The Morgan fingerprint density at radius 1 is 0.734 bits per heavy atom. The van der Waals surface area contributed by atoms with Gasteiger partial charge in [-0.05, 0) is 136 Å². The summed E-state index contributed by atoms with van der Waals surface area (Å²) in [4.78, 5) is 63.5. The van der Waals surface area contributed by atoms with Crippen molar-refractivity contribution in [2.75, 3.05) is 77.3 Å². The molecule has 20 nitrogen and oxygen atoms in total. The minimum atomic E-state index is -0.534. The Morgan fingerprint density at radius 2 is 1.30 bits per heavy atom. The van der Waals surface area contributed by atoms with E-state index in [0.29, 0.717) is 80.4 Å². The molecule has 3 N–H and O–H groups in total. The summed E-state index contributed by atoms with van der Waals surface area (Å²) < 4.78 is 21.2. The fourth-order valence-electron chi connectivity index (χ4n) is 9.39. The minimum absolute atomic E-state index is 0.0538. The summed E-state index contributed by atoms with van der Waals surface area (Å²) in [5, 5.41) is 19.2. The number of likely N-dealkylation sites (tertiary alicyclic amines) is 1. The molecule has 2 aromatic carbocycles. The largest absolute Gasteiger partial charge is 0.460 e. The van der Waals surface area contributed by atoms with Crippen molar-refractivity contribution in [2.45, 2.75) is 156 Å². The number of ketones is 2. The van der Waals surface area contributed by atoms with Crippen LogP contribution in [0.4, 0.5) is 28.1 Å². The van der Waals surface area contributed by atoms with Gasteiger partial charge in [0, 0.05) is 85.6 Å². The standard InChI is InChI=1S/C32H47N7O4.C27H39N7O2/c1-8-38(31(41)43-32(4,5)6)16-10-9-14-27(40)23-12-11-13-24(18-23)34-30-36-28(19-25-15-17-37(7)21-42-25)35-29-26(22(2)3)20-33-39(29)30;1-5-28-14-7-6-11-24(35)20-9-8-10-21(17-20)30-26-32-27(36-22-12-15-33(4)16-13-22)31-25-23(19(2)3)18-29-34(25)26/h11-13,18,20,22,25H,8-10,14-17,19,21H2,1-7H3,(H,34,35,36);8-10,17-19,22,28H,5-7,11-16H2,1-4H3,(H,30,31,32). The number of benzene rings is 2. The van der Waals surface area contributed by atoms with Crippen LogP contribution in [0.25, 0.3) is 11.3 Å².